The number of para-hydroxylation sites is 1. The van der Waals surface area contributed by atoms with E-state index in [1.807, 2.05) is 30.3 Å². The highest BCUT2D eigenvalue weighted by Gasteiger charge is 2.18. The van der Waals surface area contributed by atoms with Gasteiger partial charge in [-0.05, 0) is 48.6 Å². The molecule has 25 heavy (non-hydrogen) atoms. The van der Waals surface area contributed by atoms with E-state index in [2.05, 4.69) is 28.7 Å². The molecule has 2 aromatic rings. The highest BCUT2D eigenvalue weighted by atomic mass is 16.2. The number of hydrogen-bond acceptors (Lipinski definition) is 3. The lowest BCUT2D eigenvalue weighted by atomic mass is 10.0. The zero-order chi connectivity index (χ0) is 17.6. The number of anilines is 1. The molecule has 0 aromatic heterocycles. The van der Waals surface area contributed by atoms with E-state index in [0.717, 1.165) is 31.5 Å². The van der Waals surface area contributed by atoms with E-state index in [1.54, 1.807) is 12.1 Å². The molecule has 0 spiro atoms. The number of carbonyl (C=O) groups excluding carboxylic acids is 2. The lowest BCUT2D eigenvalue weighted by molar-refractivity contribution is -0.120. The van der Waals surface area contributed by atoms with Gasteiger partial charge in [0.2, 0.25) is 0 Å². The van der Waals surface area contributed by atoms with Gasteiger partial charge in [0.15, 0.2) is 0 Å². The average molecular weight is 337 g/mol. The largest absolute Gasteiger partial charge is 0.362 e. The standard InChI is InChI=1S/C20H23N3O2/c1-2-15-9-11-17(12-10-15)20(25)22-21-19(24)14-23-13-5-7-16-6-3-4-8-18(16)23/h3-4,6,8-12H,2,5,7,13-14H2,1H3,(H,21,24)(H,22,25). The van der Waals surface area contributed by atoms with Crippen LogP contribution >= 0.6 is 0 Å². The van der Waals surface area contributed by atoms with Crippen LogP contribution in [-0.4, -0.2) is 24.9 Å². The Hall–Kier alpha value is -2.82. The minimum atomic E-state index is -0.310. The molecule has 130 valence electrons. The fourth-order valence-corrected chi connectivity index (χ4v) is 3.08. The van der Waals surface area contributed by atoms with Crippen LogP contribution in [-0.2, 0) is 17.6 Å². The van der Waals surface area contributed by atoms with Gasteiger partial charge in [0.25, 0.3) is 11.8 Å². The van der Waals surface area contributed by atoms with Crippen molar-refractivity contribution in [3.8, 4) is 0 Å². The Kier molecular flexibility index (Phi) is 5.33. The van der Waals surface area contributed by atoms with Crippen LogP contribution in [0.4, 0.5) is 5.69 Å². The number of amides is 2. The Balaban J connectivity index is 1.54. The topological polar surface area (TPSA) is 61.4 Å². The summed E-state index contributed by atoms with van der Waals surface area (Å²) in [7, 11) is 0. The summed E-state index contributed by atoms with van der Waals surface area (Å²) in [6.45, 7) is 3.14. The van der Waals surface area contributed by atoms with E-state index in [-0.39, 0.29) is 18.4 Å². The van der Waals surface area contributed by atoms with Crippen molar-refractivity contribution in [1.29, 1.82) is 0 Å². The number of rotatable bonds is 4. The Morgan fingerprint density at radius 2 is 1.80 bits per heavy atom. The number of nitrogens with one attached hydrogen (secondary N) is 2. The van der Waals surface area contributed by atoms with Crippen molar-refractivity contribution in [1.82, 2.24) is 10.9 Å². The Bertz CT molecular complexity index is 756. The van der Waals surface area contributed by atoms with Gasteiger partial charge in [0.05, 0.1) is 6.54 Å². The monoisotopic (exact) mass is 337 g/mol. The number of benzene rings is 2. The van der Waals surface area contributed by atoms with Crippen LogP contribution in [0.5, 0.6) is 0 Å². The predicted octanol–water partition coefficient (Wildman–Crippen LogP) is 2.46. The molecule has 0 atom stereocenters. The molecule has 2 aromatic carbocycles. The van der Waals surface area contributed by atoms with Crippen LogP contribution in [0.2, 0.25) is 0 Å². The fourth-order valence-electron chi connectivity index (χ4n) is 3.08. The summed E-state index contributed by atoms with van der Waals surface area (Å²) in [5, 5.41) is 0. The highest BCUT2D eigenvalue weighted by molar-refractivity contribution is 5.95. The summed E-state index contributed by atoms with van der Waals surface area (Å²) in [6, 6.07) is 15.5. The molecule has 0 saturated heterocycles. The third-order valence-electron chi connectivity index (χ3n) is 4.48. The van der Waals surface area contributed by atoms with Gasteiger partial charge in [-0.3, -0.25) is 20.4 Å². The zero-order valence-corrected chi connectivity index (χ0v) is 14.4. The Morgan fingerprint density at radius 1 is 1.04 bits per heavy atom. The SMILES string of the molecule is CCc1ccc(C(=O)NNC(=O)CN2CCCc3ccccc32)cc1. The first-order valence-corrected chi connectivity index (χ1v) is 8.68. The lowest BCUT2D eigenvalue weighted by Crippen LogP contribution is -2.47. The van der Waals surface area contributed by atoms with Crippen molar-refractivity contribution in [2.75, 3.05) is 18.0 Å². The van der Waals surface area contributed by atoms with Crippen LogP contribution < -0.4 is 15.8 Å². The number of aryl methyl sites for hydroxylation is 2. The highest BCUT2D eigenvalue weighted by Crippen LogP contribution is 2.26. The van der Waals surface area contributed by atoms with Gasteiger partial charge < -0.3 is 4.90 Å². The number of carbonyl (C=O) groups is 2. The Labute approximate surface area is 148 Å². The predicted molar refractivity (Wildman–Crippen MR) is 98.4 cm³/mol. The summed E-state index contributed by atoms with van der Waals surface area (Å²) >= 11 is 0. The van der Waals surface area contributed by atoms with Crippen LogP contribution in [0.3, 0.4) is 0 Å². The van der Waals surface area contributed by atoms with E-state index in [9.17, 15) is 9.59 Å². The van der Waals surface area contributed by atoms with Gasteiger partial charge in [-0.15, -0.1) is 0 Å². The summed E-state index contributed by atoms with van der Waals surface area (Å²) < 4.78 is 0. The molecule has 0 aliphatic carbocycles. The second-order valence-electron chi connectivity index (χ2n) is 6.21. The molecule has 1 aliphatic heterocycles. The van der Waals surface area contributed by atoms with Crippen molar-refractivity contribution >= 4 is 17.5 Å². The van der Waals surface area contributed by atoms with Crippen LogP contribution in [0.1, 0.15) is 34.8 Å². The van der Waals surface area contributed by atoms with Gasteiger partial charge in [0, 0.05) is 17.8 Å². The van der Waals surface area contributed by atoms with Crippen molar-refractivity contribution in [3.05, 3.63) is 65.2 Å². The molecule has 5 nitrogen and oxygen atoms in total. The molecule has 0 fully saturated rings. The van der Waals surface area contributed by atoms with Crippen LogP contribution in [0.25, 0.3) is 0 Å². The minimum absolute atomic E-state index is 0.227. The van der Waals surface area contributed by atoms with E-state index < -0.39 is 0 Å². The molecule has 1 aliphatic rings. The maximum Gasteiger partial charge on any atom is 0.269 e. The number of nitrogens with zero attached hydrogens (tertiary/aromatic N) is 1. The molecule has 2 N–H and O–H groups in total. The molecule has 5 heteroatoms. The fraction of sp³-hybridized carbons (Fsp3) is 0.300. The lowest BCUT2D eigenvalue weighted by Gasteiger charge is -2.30. The van der Waals surface area contributed by atoms with Gasteiger partial charge in [-0.1, -0.05) is 37.3 Å². The van der Waals surface area contributed by atoms with Gasteiger partial charge >= 0.3 is 0 Å². The molecule has 0 unspecified atom stereocenters. The maximum atomic E-state index is 12.2. The maximum absolute atomic E-state index is 12.2. The van der Waals surface area contributed by atoms with Crippen molar-refractivity contribution < 1.29 is 9.59 Å². The summed E-state index contributed by atoms with van der Waals surface area (Å²) in [6.07, 6.45) is 3.00. The first-order chi connectivity index (χ1) is 12.2. The molecule has 2 amide bonds. The zero-order valence-electron chi connectivity index (χ0n) is 14.4. The third kappa shape index (κ3) is 4.18. The molecular formula is C20H23N3O2. The second-order valence-corrected chi connectivity index (χ2v) is 6.21. The van der Waals surface area contributed by atoms with Gasteiger partial charge in [0.1, 0.15) is 0 Å². The Morgan fingerprint density at radius 3 is 2.56 bits per heavy atom. The molecule has 0 radical (unpaired) electrons. The van der Waals surface area contributed by atoms with E-state index in [0.29, 0.717) is 5.56 Å². The number of hydrazine groups is 1. The molecular weight excluding hydrogens is 314 g/mol. The summed E-state index contributed by atoms with van der Waals surface area (Å²) in [5.74, 6) is -0.537. The van der Waals surface area contributed by atoms with E-state index in [1.165, 1.54) is 11.1 Å². The molecule has 3 rings (SSSR count). The minimum Gasteiger partial charge on any atom is -0.362 e. The van der Waals surface area contributed by atoms with E-state index >= 15 is 0 Å². The van der Waals surface area contributed by atoms with Crippen molar-refractivity contribution in [3.63, 3.8) is 0 Å². The summed E-state index contributed by atoms with van der Waals surface area (Å²) in [5.41, 5.74) is 9.06. The number of hydrogen-bond donors (Lipinski definition) is 2. The molecule has 0 saturated carbocycles. The molecule has 1 heterocycles. The average Bonchev–Trinajstić information content (AvgIpc) is 2.66. The van der Waals surface area contributed by atoms with E-state index in [4.69, 9.17) is 0 Å². The second kappa shape index (κ2) is 7.83. The third-order valence-corrected chi connectivity index (χ3v) is 4.48. The van der Waals surface area contributed by atoms with Crippen LogP contribution in [0.15, 0.2) is 48.5 Å². The number of fused-ring (bicyclic) bond motifs is 1. The normalized spacial score (nSPS) is 13.1. The smallest absolute Gasteiger partial charge is 0.269 e. The first kappa shape index (κ1) is 17.0. The van der Waals surface area contributed by atoms with Crippen molar-refractivity contribution in [2.24, 2.45) is 0 Å². The van der Waals surface area contributed by atoms with Gasteiger partial charge in [-0.25, -0.2) is 0 Å². The summed E-state index contributed by atoms with van der Waals surface area (Å²) in [4.78, 5) is 26.3. The first-order valence-electron chi connectivity index (χ1n) is 8.68. The van der Waals surface area contributed by atoms with Crippen molar-refractivity contribution in [2.45, 2.75) is 26.2 Å². The van der Waals surface area contributed by atoms with Crippen LogP contribution in [0, 0.1) is 0 Å². The molecule has 0 bridgehead atoms. The quantitative estimate of drug-likeness (QED) is 0.843. The van der Waals surface area contributed by atoms with Gasteiger partial charge in [-0.2, -0.15) is 0 Å².